The number of carbonyl (C=O) groups excluding carboxylic acids is 1. The first-order valence-electron chi connectivity index (χ1n) is 4.91. The number of aromatic nitrogens is 2. The Bertz CT molecular complexity index is 589. The van der Waals surface area contributed by atoms with Gasteiger partial charge < -0.3 is 4.74 Å². The first kappa shape index (κ1) is 12.3. The molecule has 0 atom stereocenters. The van der Waals surface area contributed by atoms with E-state index >= 15 is 0 Å². The van der Waals surface area contributed by atoms with Crippen LogP contribution in [0.3, 0.4) is 0 Å². The normalized spacial score (nSPS) is 10.5. The Morgan fingerprint density at radius 2 is 2.29 bits per heavy atom. The molecule has 0 N–H and O–H groups in total. The molecule has 0 aliphatic carbocycles. The van der Waals surface area contributed by atoms with Crippen molar-refractivity contribution in [3.63, 3.8) is 0 Å². The fourth-order valence-corrected chi connectivity index (χ4v) is 1.95. The first-order chi connectivity index (χ1) is 8.13. The van der Waals surface area contributed by atoms with Crippen LogP contribution >= 0.6 is 27.5 Å². The fourth-order valence-electron chi connectivity index (χ4n) is 1.37. The van der Waals surface area contributed by atoms with Crippen LogP contribution in [0, 0.1) is 0 Å². The number of fused-ring (bicyclic) bond motifs is 1. The van der Waals surface area contributed by atoms with Crippen molar-refractivity contribution in [3.8, 4) is 0 Å². The minimum absolute atomic E-state index is 0.255. The quantitative estimate of drug-likeness (QED) is 0.631. The van der Waals surface area contributed by atoms with E-state index in [1.807, 2.05) is 0 Å². The number of nitrogens with zero attached hydrogens (tertiary/aromatic N) is 2. The number of carbonyl (C=O) groups is 1. The summed E-state index contributed by atoms with van der Waals surface area (Å²) in [6.07, 6.45) is 1.38. The van der Waals surface area contributed by atoms with Crippen molar-refractivity contribution in [2.75, 3.05) is 6.61 Å². The molecular formula is C11H8BrClN2O2. The van der Waals surface area contributed by atoms with E-state index in [0.29, 0.717) is 27.3 Å². The highest BCUT2D eigenvalue weighted by Crippen LogP contribution is 2.26. The van der Waals surface area contributed by atoms with Crippen LogP contribution < -0.4 is 0 Å². The SMILES string of the molecule is CCOC(=O)c1cnc2nc(Br)ccc2c1Cl. The monoisotopic (exact) mass is 314 g/mol. The fraction of sp³-hybridized carbons (Fsp3) is 0.182. The predicted molar refractivity (Wildman–Crippen MR) is 68.2 cm³/mol. The van der Waals surface area contributed by atoms with Gasteiger partial charge >= 0.3 is 5.97 Å². The summed E-state index contributed by atoms with van der Waals surface area (Å²) in [4.78, 5) is 19.8. The third kappa shape index (κ3) is 2.40. The molecule has 0 radical (unpaired) electrons. The lowest BCUT2D eigenvalue weighted by Gasteiger charge is -2.06. The van der Waals surface area contributed by atoms with Crippen LogP contribution in [-0.4, -0.2) is 22.5 Å². The second-order valence-corrected chi connectivity index (χ2v) is 4.40. The number of ether oxygens (including phenoxy) is 1. The van der Waals surface area contributed by atoms with Crippen LogP contribution in [0.25, 0.3) is 11.0 Å². The van der Waals surface area contributed by atoms with Crippen LogP contribution in [0.5, 0.6) is 0 Å². The van der Waals surface area contributed by atoms with E-state index in [2.05, 4.69) is 25.9 Å². The zero-order chi connectivity index (χ0) is 12.4. The van der Waals surface area contributed by atoms with E-state index in [4.69, 9.17) is 16.3 Å². The molecule has 0 spiro atoms. The van der Waals surface area contributed by atoms with Crippen molar-refractivity contribution in [3.05, 3.63) is 33.5 Å². The Balaban J connectivity index is 2.58. The van der Waals surface area contributed by atoms with E-state index in [1.54, 1.807) is 19.1 Å². The largest absolute Gasteiger partial charge is 0.462 e. The molecule has 2 aromatic heterocycles. The predicted octanol–water partition coefficient (Wildman–Crippen LogP) is 3.22. The molecule has 0 bridgehead atoms. The van der Waals surface area contributed by atoms with Gasteiger partial charge in [0, 0.05) is 11.6 Å². The van der Waals surface area contributed by atoms with E-state index in [-0.39, 0.29) is 5.56 Å². The van der Waals surface area contributed by atoms with Gasteiger partial charge in [-0.25, -0.2) is 14.8 Å². The van der Waals surface area contributed by atoms with Gasteiger partial charge in [0.15, 0.2) is 5.65 Å². The molecule has 4 nitrogen and oxygen atoms in total. The summed E-state index contributed by atoms with van der Waals surface area (Å²) in [7, 11) is 0. The summed E-state index contributed by atoms with van der Waals surface area (Å²) in [6.45, 7) is 2.03. The van der Waals surface area contributed by atoms with Gasteiger partial charge in [0.05, 0.1) is 17.2 Å². The molecule has 2 aromatic rings. The smallest absolute Gasteiger partial charge is 0.341 e. The maximum Gasteiger partial charge on any atom is 0.341 e. The van der Waals surface area contributed by atoms with E-state index in [1.165, 1.54) is 6.20 Å². The van der Waals surface area contributed by atoms with Gasteiger partial charge in [-0.15, -0.1) is 0 Å². The second-order valence-electron chi connectivity index (χ2n) is 3.21. The Kier molecular flexibility index (Phi) is 3.59. The van der Waals surface area contributed by atoms with Crippen molar-refractivity contribution in [2.45, 2.75) is 6.92 Å². The highest BCUT2D eigenvalue weighted by atomic mass is 79.9. The average Bonchev–Trinajstić information content (AvgIpc) is 2.29. The Hall–Kier alpha value is -1.20. The van der Waals surface area contributed by atoms with Crippen LogP contribution in [0.1, 0.15) is 17.3 Å². The van der Waals surface area contributed by atoms with Gasteiger partial charge in [-0.1, -0.05) is 11.6 Å². The summed E-state index contributed by atoms with van der Waals surface area (Å²) < 4.78 is 5.55. The molecule has 2 rings (SSSR count). The van der Waals surface area contributed by atoms with E-state index < -0.39 is 5.97 Å². The van der Waals surface area contributed by atoms with Gasteiger partial charge in [0.25, 0.3) is 0 Å². The number of pyridine rings is 2. The summed E-state index contributed by atoms with van der Waals surface area (Å²) in [5.74, 6) is -0.477. The Morgan fingerprint density at radius 1 is 1.53 bits per heavy atom. The van der Waals surface area contributed by atoms with E-state index in [9.17, 15) is 4.79 Å². The maximum absolute atomic E-state index is 11.6. The number of esters is 1. The first-order valence-corrected chi connectivity index (χ1v) is 6.08. The lowest BCUT2D eigenvalue weighted by molar-refractivity contribution is 0.0526. The molecule has 2 heterocycles. The molecule has 0 saturated carbocycles. The summed E-state index contributed by atoms with van der Waals surface area (Å²) in [5.41, 5.74) is 0.738. The lowest BCUT2D eigenvalue weighted by Crippen LogP contribution is -2.06. The molecule has 0 aliphatic heterocycles. The van der Waals surface area contributed by atoms with Crippen LogP contribution in [0.15, 0.2) is 22.9 Å². The van der Waals surface area contributed by atoms with Crippen LogP contribution in [-0.2, 0) is 4.74 Å². The zero-order valence-electron chi connectivity index (χ0n) is 8.91. The number of hydrogen-bond donors (Lipinski definition) is 0. The molecule has 0 amide bonds. The Morgan fingerprint density at radius 3 is 3.00 bits per heavy atom. The highest BCUT2D eigenvalue weighted by Gasteiger charge is 2.15. The molecule has 0 unspecified atom stereocenters. The van der Waals surface area contributed by atoms with E-state index in [0.717, 1.165) is 0 Å². The number of halogens is 2. The van der Waals surface area contributed by atoms with Crippen LogP contribution in [0.4, 0.5) is 0 Å². The third-order valence-corrected chi connectivity index (χ3v) is 2.97. The maximum atomic E-state index is 11.6. The zero-order valence-corrected chi connectivity index (χ0v) is 11.2. The van der Waals surface area contributed by atoms with Gasteiger partial charge in [-0.2, -0.15) is 0 Å². The third-order valence-electron chi connectivity index (χ3n) is 2.13. The molecule has 88 valence electrons. The van der Waals surface area contributed by atoms with Gasteiger partial charge in [0.1, 0.15) is 4.60 Å². The van der Waals surface area contributed by atoms with Crippen molar-refractivity contribution >= 4 is 44.5 Å². The minimum Gasteiger partial charge on any atom is -0.462 e. The summed E-state index contributed by atoms with van der Waals surface area (Å²) in [6, 6.07) is 3.50. The second kappa shape index (κ2) is 4.98. The van der Waals surface area contributed by atoms with Gasteiger partial charge in [-0.05, 0) is 35.0 Å². The topological polar surface area (TPSA) is 52.1 Å². The molecular weight excluding hydrogens is 307 g/mol. The molecule has 0 fully saturated rings. The minimum atomic E-state index is -0.477. The molecule has 17 heavy (non-hydrogen) atoms. The van der Waals surface area contributed by atoms with Crippen molar-refractivity contribution in [2.24, 2.45) is 0 Å². The van der Waals surface area contributed by atoms with Crippen molar-refractivity contribution in [1.29, 1.82) is 0 Å². The molecule has 0 aromatic carbocycles. The molecule has 0 saturated heterocycles. The highest BCUT2D eigenvalue weighted by molar-refractivity contribution is 9.10. The number of rotatable bonds is 2. The average molecular weight is 316 g/mol. The molecule has 6 heteroatoms. The summed E-state index contributed by atoms with van der Waals surface area (Å²) in [5, 5.41) is 0.939. The Labute approximate surface area is 111 Å². The number of hydrogen-bond acceptors (Lipinski definition) is 4. The van der Waals surface area contributed by atoms with Gasteiger partial charge in [0.2, 0.25) is 0 Å². The molecule has 0 aliphatic rings. The summed E-state index contributed by atoms with van der Waals surface area (Å²) >= 11 is 9.37. The van der Waals surface area contributed by atoms with Crippen LogP contribution in [0.2, 0.25) is 5.02 Å². The van der Waals surface area contributed by atoms with Crippen molar-refractivity contribution < 1.29 is 9.53 Å². The lowest BCUT2D eigenvalue weighted by atomic mass is 10.2. The standard InChI is InChI=1S/C11H8BrClN2O2/c1-2-17-11(16)7-5-14-10-6(9(7)13)3-4-8(12)15-10/h3-5H,2H2,1H3. The van der Waals surface area contributed by atoms with Crippen molar-refractivity contribution in [1.82, 2.24) is 9.97 Å². The van der Waals surface area contributed by atoms with Gasteiger partial charge in [-0.3, -0.25) is 0 Å².